The van der Waals surface area contributed by atoms with Gasteiger partial charge < -0.3 is 9.30 Å². The lowest BCUT2D eigenvalue weighted by Gasteiger charge is -2.41. The molecule has 0 saturated carbocycles. The number of nitrogens with one attached hydrogen (secondary N) is 1. The van der Waals surface area contributed by atoms with E-state index in [0.29, 0.717) is 44.0 Å². The standard InChI is InChI=1S/C18H29N5O3/c1-5-7-8-23-15-14(16(24)20-17(23)25)22(6-2)13(19-15)11-21-9-10-26-12-18(21,3)4/h5-12H2,1-4H3,(H,20,24,25). The third-order valence-electron chi connectivity index (χ3n) is 5.17. The summed E-state index contributed by atoms with van der Waals surface area (Å²) in [7, 11) is 0. The number of morpholine rings is 1. The van der Waals surface area contributed by atoms with Gasteiger partial charge in [-0.15, -0.1) is 0 Å². The zero-order valence-electron chi connectivity index (χ0n) is 16.2. The second-order valence-electron chi connectivity index (χ2n) is 7.50. The van der Waals surface area contributed by atoms with Gasteiger partial charge in [0.1, 0.15) is 5.82 Å². The first kappa shape index (κ1) is 18.8. The van der Waals surface area contributed by atoms with Crippen molar-refractivity contribution in [1.29, 1.82) is 0 Å². The molecule has 0 radical (unpaired) electrons. The van der Waals surface area contributed by atoms with E-state index in [4.69, 9.17) is 9.72 Å². The molecule has 1 aliphatic heterocycles. The number of aromatic nitrogens is 4. The molecule has 3 rings (SSSR count). The number of H-pyrrole nitrogens is 1. The summed E-state index contributed by atoms with van der Waals surface area (Å²) in [5.74, 6) is 0.818. The van der Waals surface area contributed by atoms with Crippen LogP contribution in [0.4, 0.5) is 0 Å². The maximum atomic E-state index is 12.5. The summed E-state index contributed by atoms with van der Waals surface area (Å²) in [5, 5.41) is 0. The number of fused-ring (bicyclic) bond motifs is 1. The van der Waals surface area contributed by atoms with Gasteiger partial charge in [0, 0.05) is 25.2 Å². The van der Waals surface area contributed by atoms with Crippen molar-refractivity contribution < 1.29 is 4.74 Å². The van der Waals surface area contributed by atoms with Crippen LogP contribution >= 0.6 is 0 Å². The van der Waals surface area contributed by atoms with Crippen LogP contribution in [0.25, 0.3) is 11.2 Å². The van der Waals surface area contributed by atoms with E-state index >= 15 is 0 Å². The molecule has 0 spiro atoms. The van der Waals surface area contributed by atoms with Gasteiger partial charge in [-0.25, -0.2) is 9.78 Å². The lowest BCUT2D eigenvalue weighted by atomic mass is 10.0. The number of ether oxygens (including phenoxy) is 1. The summed E-state index contributed by atoms with van der Waals surface area (Å²) in [4.78, 5) is 34.3. The van der Waals surface area contributed by atoms with E-state index in [2.05, 4.69) is 30.7 Å². The SMILES string of the molecule is CCCCn1c(=O)[nH]c(=O)c2c1nc(CN1CCOCC1(C)C)n2CC. The van der Waals surface area contributed by atoms with Crippen LogP contribution in [0.1, 0.15) is 46.4 Å². The number of hydrogen-bond donors (Lipinski definition) is 1. The summed E-state index contributed by atoms with van der Waals surface area (Å²) in [6, 6.07) is 0. The van der Waals surface area contributed by atoms with Gasteiger partial charge in [0.05, 0.1) is 19.8 Å². The molecule has 8 heteroatoms. The average molecular weight is 363 g/mol. The van der Waals surface area contributed by atoms with Crippen molar-refractivity contribution in [2.24, 2.45) is 0 Å². The van der Waals surface area contributed by atoms with Crippen molar-refractivity contribution in [3.63, 3.8) is 0 Å². The molecule has 0 aromatic carbocycles. The van der Waals surface area contributed by atoms with Gasteiger partial charge in [-0.2, -0.15) is 0 Å². The minimum Gasteiger partial charge on any atom is -0.378 e. The highest BCUT2D eigenvalue weighted by Gasteiger charge is 2.32. The number of imidazole rings is 1. The van der Waals surface area contributed by atoms with Crippen molar-refractivity contribution in [3.8, 4) is 0 Å². The Hall–Kier alpha value is -1.93. The quantitative estimate of drug-likeness (QED) is 0.837. The van der Waals surface area contributed by atoms with Gasteiger partial charge >= 0.3 is 5.69 Å². The predicted molar refractivity (Wildman–Crippen MR) is 101 cm³/mol. The Bertz CT molecular complexity index is 893. The van der Waals surface area contributed by atoms with E-state index in [9.17, 15) is 9.59 Å². The number of rotatable bonds is 6. The molecule has 144 valence electrons. The molecule has 1 aliphatic rings. The summed E-state index contributed by atoms with van der Waals surface area (Å²) in [6.45, 7) is 12.4. The Morgan fingerprint density at radius 3 is 2.65 bits per heavy atom. The molecule has 2 aromatic heterocycles. The van der Waals surface area contributed by atoms with Crippen LogP contribution in [0.15, 0.2) is 9.59 Å². The molecule has 1 N–H and O–H groups in total. The third-order valence-corrected chi connectivity index (χ3v) is 5.17. The van der Waals surface area contributed by atoms with Crippen LogP contribution in [-0.4, -0.2) is 49.3 Å². The van der Waals surface area contributed by atoms with Crippen LogP contribution in [0.2, 0.25) is 0 Å². The first-order valence-corrected chi connectivity index (χ1v) is 9.44. The van der Waals surface area contributed by atoms with Crippen LogP contribution in [0.3, 0.4) is 0 Å². The molecule has 26 heavy (non-hydrogen) atoms. The molecule has 1 saturated heterocycles. The fourth-order valence-corrected chi connectivity index (χ4v) is 3.56. The minimum atomic E-state index is -0.380. The first-order chi connectivity index (χ1) is 12.4. The summed E-state index contributed by atoms with van der Waals surface area (Å²) >= 11 is 0. The smallest absolute Gasteiger partial charge is 0.330 e. The number of aromatic amines is 1. The zero-order chi connectivity index (χ0) is 18.9. The van der Waals surface area contributed by atoms with Gasteiger partial charge in [-0.3, -0.25) is 19.2 Å². The maximum absolute atomic E-state index is 12.5. The maximum Gasteiger partial charge on any atom is 0.330 e. The van der Waals surface area contributed by atoms with Crippen molar-refractivity contribution in [2.75, 3.05) is 19.8 Å². The highest BCUT2D eigenvalue weighted by molar-refractivity contribution is 5.71. The second-order valence-corrected chi connectivity index (χ2v) is 7.50. The van der Waals surface area contributed by atoms with Crippen LogP contribution < -0.4 is 11.2 Å². The summed E-state index contributed by atoms with van der Waals surface area (Å²) < 4.78 is 9.13. The molecular formula is C18H29N5O3. The molecule has 0 bridgehead atoms. The Morgan fingerprint density at radius 2 is 2.00 bits per heavy atom. The number of nitrogens with zero attached hydrogens (tertiary/aromatic N) is 4. The van der Waals surface area contributed by atoms with Gasteiger partial charge in [-0.1, -0.05) is 13.3 Å². The minimum absolute atomic E-state index is 0.0940. The Morgan fingerprint density at radius 1 is 1.23 bits per heavy atom. The lowest BCUT2D eigenvalue weighted by Crippen LogP contribution is -2.52. The van der Waals surface area contributed by atoms with Gasteiger partial charge in [0.15, 0.2) is 11.2 Å². The largest absolute Gasteiger partial charge is 0.378 e. The van der Waals surface area contributed by atoms with Crippen LogP contribution in [-0.2, 0) is 24.4 Å². The molecule has 2 aromatic rings. The normalized spacial score (nSPS) is 17.8. The van der Waals surface area contributed by atoms with Crippen LogP contribution in [0.5, 0.6) is 0 Å². The predicted octanol–water partition coefficient (Wildman–Crippen LogP) is 1.32. The van der Waals surface area contributed by atoms with Gasteiger partial charge in [0.25, 0.3) is 5.56 Å². The van der Waals surface area contributed by atoms with E-state index in [0.717, 1.165) is 25.2 Å². The van der Waals surface area contributed by atoms with Crippen molar-refractivity contribution in [2.45, 2.75) is 65.7 Å². The molecule has 8 nitrogen and oxygen atoms in total. The molecule has 0 atom stereocenters. The summed E-state index contributed by atoms with van der Waals surface area (Å²) in [5.41, 5.74) is 0.150. The number of unbranched alkanes of at least 4 members (excludes halogenated alkanes) is 1. The Kier molecular flexibility index (Phi) is 5.34. The van der Waals surface area contributed by atoms with Crippen molar-refractivity contribution in [1.82, 2.24) is 24.0 Å². The number of hydrogen-bond acceptors (Lipinski definition) is 5. The van der Waals surface area contributed by atoms with E-state index in [-0.39, 0.29) is 16.8 Å². The molecule has 0 aliphatic carbocycles. The van der Waals surface area contributed by atoms with Crippen molar-refractivity contribution in [3.05, 3.63) is 26.7 Å². The highest BCUT2D eigenvalue weighted by Crippen LogP contribution is 2.22. The van der Waals surface area contributed by atoms with Gasteiger partial charge in [-0.05, 0) is 27.2 Å². The molecular weight excluding hydrogens is 334 g/mol. The topological polar surface area (TPSA) is 85.2 Å². The fourth-order valence-electron chi connectivity index (χ4n) is 3.56. The third kappa shape index (κ3) is 3.35. The van der Waals surface area contributed by atoms with E-state index in [1.165, 1.54) is 0 Å². The molecule has 3 heterocycles. The monoisotopic (exact) mass is 363 g/mol. The number of aryl methyl sites for hydroxylation is 2. The molecule has 1 fully saturated rings. The average Bonchev–Trinajstić information content (AvgIpc) is 2.95. The first-order valence-electron chi connectivity index (χ1n) is 9.44. The van der Waals surface area contributed by atoms with Crippen molar-refractivity contribution >= 4 is 11.2 Å². The van der Waals surface area contributed by atoms with E-state index < -0.39 is 0 Å². The Labute approximate surface area is 152 Å². The fraction of sp³-hybridized carbons (Fsp3) is 0.722. The van der Waals surface area contributed by atoms with Crippen LogP contribution in [0, 0.1) is 0 Å². The Balaban J connectivity index is 2.10. The highest BCUT2D eigenvalue weighted by atomic mass is 16.5. The second kappa shape index (κ2) is 7.36. The summed E-state index contributed by atoms with van der Waals surface area (Å²) in [6.07, 6.45) is 1.84. The molecule has 0 amide bonds. The van der Waals surface area contributed by atoms with E-state index in [1.54, 1.807) is 4.57 Å². The van der Waals surface area contributed by atoms with E-state index in [1.807, 2.05) is 11.5 Å². The lowest BCUT2D eigenvalue weighted by molar-refractivity contribution is -0.0566. The zero-order valence-corrected chi connectivity index (χ0v) is 16.2. The molecule has 0 unspecified atom stereocenters. The van der Waals surface area contributed by atoms with Gasteiger partial charge in [0.2, 0.25) is 0 Å².